The summed E-state index contributed by atoms with van der Waals surface area (Å²) in [7, 11) is 1.52. The number of ether oxygens (including phenoxy) is 1. The first-order chi connectivity index (χ1) is 11.2. The number of hydrogen-bond acceptors (Lipinski definition) is 7. The van der Waals surface area contributed by atoms with Crippen molar-refractivity contribution >= 4 is 11.6 Å². The maximum Gasteiger partial charge on any atom is 0.183 e. The van der Waals surface area contributed by atoms with Crippen LogP contribution in [-0.4, -0.2) is 32.4 Å². The molecule has 0 radical (unpaired) electrons. The molecule has 0 amide bonds. The van der Waals surface area contributed by atoms with Crippen LogP contribution in [0.3, 0.4) is 0 Å². The average molecular weight is 308 g/mol. The van der Waals surface area contributed by atoms with Gasteiger partial charge in [-0.05, 0) is 12.1 Å². The first-order valence-electron chi connectivity index (χ1n) is 6.63. The van der Waals surface area contributed by atoms with Gasteiger partial charge in [-0.2, -0.15) is 10.4 Å². The van der Waals surface area contributed by atoms with Crippen molar-refractivity contribution in [2.24, 2.45) is 0 Å². The highest BCUT2D eigenvalue weighted by atomic mass is 16.5. The molecule has 0 fully saturated rings. The van der Waals surface area contributed by atoms with Crippen LogP contribution in [0, 0.1) is 11.3 Å². The normalized spacial score (nSPS) is 10.1. The quantitative estimate of drug-likeness (QED) is 0.675. The van der Waals surface area contributed by atoms with Crippen molar-refractivity contribution < 1.29 is 9.84 Å². The number of aromatic hydroxyl groups is 1. The van der Waals surface area contributed by atoms with E-state index in [4.69, 9.17) is 10.00 Å². The molecule has 0 unspecified atom stereocenters. The van der Waals surface area contributed by atoms with Crippen LogP contribution in [0.15, 0.2) is 36.7 Å². The minimum Gasteiger partial charge on any atom is -0.507 e. The molecule has 0 bridgehead atoms. The number of nitriles is 1. The topological polar surface area (TPSA) is 120 Å². The van der Waals surface area contributed by atoms with Gasteiger partial charge in [-0.3, -0.25) is 5.10 Å². The lowest BCUT2D eigenvalue weighted by atomic mass is 10.1. The second kappa shape index (κ2) is 6.03. The number of H-pyrrole nitrogens is 1. The molecule has 23 heavy (non-hydrogen) atoms. The number of hydrogen-bond donors (Lipinski definition) is 3. The highest BCUT2D eigenvalue weighted by molar-refractivity contribution is 5.76. The van der Waals surface area contributed by atoms with Gasteiger partial charge in [-0.25, -0.2) is 9.97 Å². The van der Waals surface area contributed by atoms with Crippen LogP contribution >= 0.6 is 0 Å². The summed E-state index contributed by atoms with van der Waals surface area (Å²) in [4.78, 5) is 7.97. The minimum absolute atomic E-state index is 0.0665. The molecule has 8 nitrogen and oxygen atoms in total. The summed E-state index contributed by atoms with van der Waals surface area (Å²) >= 11 is 0. The van der Waals surface area contributed by atoms with Gasteiger partial charge >= 0.3 is 0 Å². The molecule has 2 aromatic heterocycles. The first-order valence-corrected chi connectivity index (χ1v) is 6.63. The van der Waals surface area contributed by atoms with E-state index >= 15 is 0 Å². The Bertz CT molecular complexity index is 884. The van der Waals surface area contributed by atoms with Crippen molar-refractivity contribution in [3.8, 4) is 28.8 Å². The van der Waals surface area contributed by atoms with Gasteiger partial charge in [0, 0.05) is 18.5 Å². The van der Waals surface area contributed by atoms with Gasteiger partial charge in [0.25, 0.3) is 0 Å². The predicted octanol–water partition coefficient (Wildman–Crippen LogP) is 2.20. The number of benzene rings is 1. The maximum atomic E-state index is 10.0. The highest BCUT2D eigenvalue weighted by Gasteiger charge is 2.14. The number of phenols is 1. The van der Waals surface area contributed by atoms with Gasteiger partial charge in [-0.15, -0.1) is 0 Å². The Kier molecular flexibility index (Phi) is 3.76. The third-order valence-electron chi connectivity index (χ3n) is 3.12. The van der Waals surface area contributed by atoms with Crippen molar-refractivity contribution in [1.29, 1.82) is 5.26 Å². The van der Waals surface area contributed by atoms with E-state index in [-0.39, 0.29) is 11.4 Å². The Morgan fingerprint density at radius 2 is 2.13 bits per heavy atom. The molecule has 0 aliphatic carbocycles. The maximum absolute atomic E-state index is 10.0. The zero-order valence-corrected chi connectivity index (χ0v) is 12.1. The molecule has 0 saturated heterocycles. The lowest BCUT2D eigenvalue weighted by Gasteiger charge is -2.07. The van der Waals surface area contributed by atoms with Gasteiger partial charge < -0.3 is 15.2 Å². The number of anilines is 2. The number of aromatic nitrogens is 4. The van der Waals surface area contributed by atoms with Gasteiger partial charge in [0.2, 0.25) is 0 Å². The van der Waals surface area contributed by atoms with E-state index in [1.54, 1.807) is 24.3 Å². The third kappa shape index (κ3) is 2.75. The van der Waals surface area contributed by atoms with E-state index in [9.17, 15) is 5.11 Å². The molecule has 8 heteroatoms. The number of methoxy groups -OCH3 is 1. The SMILES string of the molecule is COc1cccc(O)c1-c1cc(Nc2nccnc2C#N)n[nH]1. The van der Waals surface area contributed by atoms with E-state index in [0.717, 1.165) is 0 Å². The fourth-order valence-corrected chi connectivity index (χ4v) is 2.11. The Morgan fingerprint density at radius 1 is 1.30 bits per heavy atom. The van der Waals surface area contributed by atoms with Crippen molar-refractivity contribution in [3.63, 3.8) is 0 Å². The lowest BCUT2D eigenvalue weighted by molar-refractivity contribution is 0.410. The molecule has 3 aromatic rings. The lowest BCUT2D eigenvalue weighted by Crippen LogP contribution is -1.98. The predicted molar refractivity (Wildman–Crippen MR) is 82.3 cm³/mol. The van der Waals surface area contributed by atoms with Crippen LogP contribution in [0.25, 0.3) is 11.3 Å². The Balaban J connectivity index is 1.95. The zero-order valence-electron chi connectivity index (χ0n) is 12.1. The molecule has 2 heterocycles. The summed E-state index contributed by atoms with van der Waals surface area (Å²) in [5.41, 5.74) is 1.22. The van der Waals surface area contributed by atoms with E-state index < -0.39 is 0 Å². The second-order valence-electron chi connectivity index (χ2n) is 4.51. The molecule has 3 N–H and O–H groups in total. The van der Waals surface area contributed by atoms with Crippen LogP contribution in [0.1, 0.15) is 5.69 Å². The largest absolute Gasteiger partial charge is 0.507 e. The van der Waals surface area contributed by atoms with Gasteiger partial charge in [0.05, 0.1) is 18.4 Å². The zero-order chi connectivity index (χ0) is 16.2. The summed E-state index contributed by atoms with van der Waals surface area (Å²) in [6, 6.07) is 8.60. The van der Waals surface area contributed by atoms with E-state index in [1.165, 1.54) is 19.5 Å². The summed E-state index contributed by atoms with van der Waals surface area (Å²) in [6.45, 7) is 0. The summed E-state index contributed by atoms with van der Waals surface area (Å²) in [5.74, 6) is 1.31. The van der Waals surface area contributed by atoms with E-state index in [0.29, 0.717) is 28.6 Å². The third-order valence-corrected chi connectivity index (χ3v) is 3.12. The number of phenolic OH excluding ortho intramolecular Hbond substituents is 1. The van der Waals surface area contributed by atoms with Crippen molar-refractivity contribution in [1.82, 2.24) is 20.2 Å². The molecule has 0 spiro atoms. The number of nitrogens with one attached hydrogen (secondary N) is 2. The van der Waals surface area contributed by atoms with Gasteiger partial charge in [0.1, 0.15) is 17.6 Å². The van der Waals surface area contributed by atoms with E-state index in [1.807, 2.05) is 6.07 Å². The number of rotatable bonds is 4. The van der Waals surface area contributed by atoms with Crippen molar-refractivity contribution in [3.05, 3.63) is 42.4 Å². The number of aromatic amines is 1. The average Bonchev–Trinajstić information content (AvgIpc) is 3.03. The first kappa shape index (κ1) is 14.3. The van der Waals surface area contributed by atoms with Crippen molar-refractivity contribution in [2.45, 2.75) is 0 Å². The summed E-state index contributed by atoms with van der Waals surface area (Å²) < 4.78 is 5.25. The van der Waals surface area contributed by atoms with Crippen molar-refractivity contribution in [2.75, 3.05) is 12.4 Å². The highest BCUT2D eigenvalue weighted by Crippen LogP contribution is 2.37. The molecule has 0 saturated carbocycles. The summed E-state index contributed by atoms with van der Waals surface area (Å²) in [6.07, 6.45) is 2.91. The number of nitrogens with zero attached hydrogens (tertiary/aromatic N) is 4. The Labute approximate surface area is 131 Å². The Hall–Kier alpha value is -3.60. The minimum atomic E-state index is 0.0665. The fourth-order valence-electron chi connectivity index (χ4n) is 2.11. The van der Waals surface area contributed by atoms with Crippen LogP contribution in [-0.2, 0) is 0 Å². The van der Waals surface area contributed by atoms with Crippen LogP contribution in [0.2, 0.25) is 0 Å². The molecule has 3 rings (SSSR count). The second-order valence-corrected chi connectivity index (χ2v) is 4.51. The fraction of sp³-hybridized carbons (Fsp3) is 0.0667. The smallest absolute Gasteiger partial charge is 0.183 e. The molecular formula is C15H12N6O2. The molecular weight excluding hydrogens is 296 g/mol. The van der Waals surface area contributed by atoms with Crippen LogP contribution < -0.4 is 10.1 Å². The summed E-state index contributed by atoms with van der Waals surface area (Å²) in [5, 5.41) is 28.9. The van der Waals surface area contributed by atoms with Gasteiger partial charge in [0.15, 0.2) is 17.3 Å². The molecule has 0 aliphatic rings. The standard InChI is InChI=1S/C15H12N6O2/c1-23-12-4-2-3-11(22)14(12)9-7-13(21-20-9)19-15-10(8-16)17-5-6-18-15/h2-7,22H,1H3,(H2,18,19,20,21). The molecule has 1 aromatic carbocycles. The molecule has 0 atom stereocenters. The van der Waals surface area contributed by atoms with E-state index in [2.05, 4.69) is 25.5 Å². The molecule has 0 aliphatic heterocycles. The monoisotopic (exact) mass is 308 g/mol. The molecule has 114 valence electrons. The van der Waals surface area contributed by atoms with Crippen LogP contribution in [0.5, 0.6) is 11.5 Å². The van der Waals surface area contributed by atoms with Crippen LogP contribution in [0.4, 0.5) is 11.6 Å². The van der Waals surface area contributed by atoms with Gasteiger partial charge in [-0.1, -0.05) is 6.07 Å². The Morgan fingerprint density at radius 3 is 2.91 bits per heavy atom.